The van der Waals surface area contributed by atoms with Crippen LogP contribution >= 0.6 is 0 Å². The number of aromatic nitrogens is 2. The van der Waals surface area contributed by atoms with Gasteiger partial charge in [-0.05, 0) is 19.8 Å². The van der Waals surface area contributed by atoms with Gasteiger partial charge in [0.15, 0.2) is 0 Å². The van der Waals surface area contributed by atoms with Crippen LogP contribution in [0, 0.1) is 0 Å². The summed E-state index contributed by atoms with van der Waals surface area (Å²) < 4.78 is 1.75. The van der Waals surface area contributed by atoms with Gasteiger partial charge in [0.2, 0.25) is 0 Å². The molecule has 15 heavy (non-hydrogen) atoms. The first-order valence-corrected chi connectivity index (χ1v) is 5.11. The lowest BCUT2D eigenvalue weighted by molar-refractivity contribution is 0.0948. The lowest BCUT2D eigenvalue weighted by Crippen LogP contribution is -2.26. The summed E-state index contributed by atoms with van der Waals surface area (Å²) in [6.07, 6.45) is 5.12. The fourth-order valence-corrected chi connectivity index (χ4v) is 1.25. The quantitative estimate of drug-likeness (QED) is 0.685. The van der Waals surface area contributed by atoms with Crippen LogP contribution < -0.4 is 11.1 Å². The maximum absolute atomic E-state index is 11.5. The normalized spacial score (nSPS) is 12.5. The largest absolute Gasteiger partial charge is 0.351 e. The highest BCUT2D eigenvalue weighted by molar-refractivity contribution is 5.91. The average Bonchev–Trinajstić information content (AvgIpc) is 2.59. The molecule has 0 aliphatic rings. The van der Waals surface area contributed by atoms with Gasteiger partial charge in [0.25, 0.3) is 5.91 Å². The fraction of sp³-hybridized carbons (Fsp3) is 0.600. The van der Waals surface area contributed by atoms with E-state index in [0.29, 0.717) is 12.2 Å². The van der Waals surface area contributed by atoms with Crippen molar-refractivity contribution in [3.05, 3.63) is 18.2 Å². The summed E-state index contributed by atoms with van der Waals surface area (Å²) in [5, 5.41) is 2.80. The Bertz CT molecular complexity index is 319. The van der Waals surface area contributed by atoms with Crippen molar-refractivity contribution in [2.45, 2.75) is 25.8 Å². The molecule has 84 valence electrons. The number of amides is 1. The Hall–Kier alpha value is -1.36. The van der Waals surface area contributed by atoms with Crippen molar-refractivity contribution >= 4 is 5.91 Å². The highest BCUT2D eigenvalue weighted by Gasteiger charge is 2.07. The van der Waals surface area contributed by atoms with E-state index in [0.717, 1.165) is 12.8 Å². The van der Waals surface area contributed by atoms with Crippen molar-refractivity contribution < 1.29 is 4.79 Å². The van der Waals surface area contributed by atoms with Gasteiger partial charge in [0.05, 0.1) is 6.33 Å². The Labute approximate surface area is 89.7 Å². The molecule has 0 fully saturated rings. The van der Waals surface area contributed by atoms with Crippen LogP contribution in [0.15, 0.2) is 12.5 Å². The van der Waals surface area contributed by atoms with Gasteiger partial charge in [-0.2, -0.15) is 0 Å². The molecule has 1 amide bonds. The van der Waals surface area contributed by atoms with Crippen LogP contribution in [0.4, 0.5) is 0 Å². The molecule has 1 atom stereocenters. The van der Waals surface area contributed by atoms with Gasteiger partial charge in [0.1, 0.15) is 5.69 Å². The second-order valence-corrected chi connectivity index (χ2v) is 3.80. The fourth-order valence-electron chi connectivity index (χ4n) is 1.25. The van der Waals surface area contributed by atoms with E-state index in [1.54, 1.807) is 17.1 Å². The third-order valence-electron chi connectivity index (χ3n) is 2.06. The molecule has 0 aromatic carbocycles. The Balaban J connectivity index is 2.25. The number of nitrogens with zero attached hydrogens (tertiary/aromatic N) is 2. The molecular formula is C10H18N4O. The van der Waals surface area contributed by atoms with E-state index >= 15 is 0 Å². The van der Waals surface area contributed by atoms with Gasteiger partial charge >= 0.3 is 0 Å². The van der Waals surface area contributed by atoms with E-state index in [2.05, 4.69) is 10.3 Å². The summed E-state index contributed by atoms with van der Waals surface area (Å²) in [5.41, 5.74) is 6.05. The van der Waals surface area contributed by atoms with Gasteiger partial charge in [-0.3, -0.25) is 4.79 Å². The summed E-state index contributed by atoms with van der Waals surface area (Å²) in [4.78, 5) is 15.4. The number of hydrogen-bond acceptors (Lipinski definition) is 3. The summed E-state index contributed by atoms with van der Waals surface area (Å²) in [5.74, 6) is -0.125. The summed E-state index contributed by atoms with van der Waals surface area (Å²) in [6.45, 7) is 2.61. The molecule has 0 radical (unpaired) electrons. The van der Waals surface area contributed by atoms with Crippen molar-refractivity contribution in [3.63, 3.8) is 0 Å². The number of hydrogen-bond donors (Lipinski definition) is 2. The Morgan fingerprint density at radius 3 is 3.00 bits per heavy atom. The van der Waals surface area contributed by atoms with Gasteiger partial charge in [-0.1, -0.05) is 0 Å². The zero-order valence-corrected chi connectivity index (χ0v) is 9.23. The van der Waals surface area contributed by atoms with Gasteiger partial charge < -0.3 is 15.6 Å². The molecule has 0 saturated carbocycles. The first-order chi connectivity index (χ1) is 7.09. The molecule has 1 aromatic heterocycles. The third-order valence-corrected chi connectivity index (χ3v) is 2.06. The number of carbonyl (C=O) groups excluding carboxylic acids is 1. The summed E-state index contributed by atoms with van der Waals surface area (Å²) in [6, 6.07) is 0.191. The maximum atomic E-state index is 11.5. The van der Waals surface area contributed by atoms with E-state index in [1.807, 2.05) is 14.0 Å². The standard InChI is InChI=1S/C10H18N4O/c1-8(11)4-3-5-12-10(15)9-6-14(2)7-13-9/h6-8H,3-5,11H2,1-2H3,(H,12,15). The van der Waals surface area contributed by atoms with Crippen molar-refractivity contribution in [3.8, 4) is 0 Å². The molecule has 0 saturated heterocycles. The predicted octanol–water partition coefficient (Wildman–Crippen LogP) is 0.277. The minimum Gasteiger partial charge on any atom is -0.351 e. The average molecular weight is 210 g/mol. The van der Waals surface area contributed by atoms with Gasteiger partial charge in [-0.15, -0.1) is 0 Å². The molecule has 5 heteroatoms. The number of carbonyl (C=O) groups is 1. The third kappa shape index (κ3) is 4.12. The molecule has 0 spiro atoms. The SMILES string of the molecule is CC(N)CCCNC(=O)c1cn(C)cn1. The zero-order valence-electron chi connectivity index (χ0n) is 9.23. The molecular weight excluding hydrogens is 192 g/mol. The van der Waals surface area contributed by atoms with Crippen molar-refractivity contribution in [2.75, 3.05) is 6.54 Å². The first kappa shape index (κ1) is 11.7. The molecule has 0 bridgehead atoms. The predicted molar refractivity (Wildman–Crippen MR) is 58.4 cm³/mol. The topological polar surface area (TPSA) is 72.9 Å². The highest BCUT2D eigenvalue weighted by atomic mass is 16.1. The zero-order chi connectivity index (χ0) is 11.3. The Morgan fingerprint density at radius 2 is 2.47 bits per heavy atom. The molecule has 5 nitrogen and oxygen atoms in total. The number of imidazole rings is 1. The van der Waals surface area contributed by atoms with Crippen LogP contribution in [0.3, 0.4) is 0 Å². The molecule has 1 heterocycles. The minimum absolute atomic E-state index is 0.125. The maximum Gasteiger partial charge on any atom is 0.271 e. The van der Waals surface area contributed by atoms with E-state index < -0.39 is 0 Å². The van der Waals surface area contributed by atoms with E-state index in [1.165, 1.54) is 0 Å². The van der Waals surface area contributed by atoms with Crippen molar-refractivity contribution in [1.82, 2.24) is 14.9 Å². The summed E-state index contributed by atoms with van der Waals surface area (Å²) in [7, 11) is 1.83. The highest BCUT2D eigenvalue weighted by Crippen LogP contribution is 1.95. The lowest BCUT2D eigenvalue weighted by atomic mass is 10.2. The Kier molecular flexibility index (Phi) is 4.30. The smallest absolute Gasteiger partial charge is 0.271 e. The van der Waals surface area contributed by atoms with E-state index in [9.17, 15) is 4.79 Å². The van der Waals surface area contributed by atoms with Crippen molar-refractivity contribution in [2.24, 2.45) is 12.8 Å². The molecule has 0 aliphatic heterocycles. The number of aryl methyl sites for hydroxylation is 1. The molecule has 1 unspecified atom stereocenters. The van der Waals surface area contributed by atoms with Gasteiger partial charge in [0, 0.05) is 25.8 Å². The molecule has 1 rings (SSSR count). The second-order valence-electron chi connectivity index (χ2n) is 3.80. The number of rotatable bonds is 5. The minimum atomic E-state index is -0.125. The van der Waals surface area contributed by atoms with E-state index in [4.69, 9.17) is 5.73 Å². The monoisotopic (exact) mass is 210 g/mol. The number of nitrogens with one attached hydrogen (secondary N) is 1. The molecule has 1 aromatic rings. The summed E-state index contributed by atoms with van der Waals surface area (Å²) >= 11 is 0. The molecule has 0 aliphatic carbocycles. The van der Waals surface area contributed by atoms with E-state index in [-0.39, 0.29) is 11.9 Å². The van der Waals surface area contributed by atoms with Crippen molar-refractivity contribution in [1.29, 1.82) is 0 Å². The first-order valence-electron chi connectivity index (χ1n) is 5.11. The second kappa shape index (κ2) is 5.50. The van der Waals surface area contributed by atoms with Crippen LogP contribution in [0.1, 0.15) is 30.3 Å². The number of nitrogens with two attached hydrogens (primary N) is 1. The lowest BCUT2D eigenvalue weighted by Gasteiger charge is -2.05. The van der Waals surface area contributed by atoms with Gasteiger partial charge in [-0.25, -0.2) is 4.98 Å². The van der Waals surface area contributed by atoms with Crippen LogP contribution in [-0.2, 0) is 7.05 Å². The van der Waals surface area contributed by atoms with Crippen LogP contribution in [0.5, 0.6) is 0 Å². The van der Waals surface area contributed by atoms with Crippen LogP contribution in [0.25, 0.3) is 0 Å². The van der Waals surface area contributed by atoms with Crippen LogP contribution in [-0.4, -0.2) is 28.0 Å². The Morgan fingerprint density at radius 1 is 1.73 bits per heavy atom. The molecule has 3 N–H and O–H groups in total. The van der Waals surface area contributed by atoms with Crippen LogP contribution in [0.2, 0.25) is 0 Å².